The first-order valence-corrected chi connectivity index (χ1v) is 18.2. The fraction of sp³-hybridized carbons (Fsp3) is 0.400. The number of aromatic amines is 1. The van der Waals surface area contributed by atoms with Gasteiger partial charge in [0.1, 0.15) is 0 Å². The summed E-state index contributed by atoms with van der Waals surface area (Å²) >= 11 is 6.17. The van der Waals surface area contributed by atoms with E-state index in [0.717, 1.165) is 29.3 Å². The van der Waals surface area contributed by atoms with Gasteiger partial charge < -0.3 is 34.9 Å². The molecule has 3 heterocycles. The third kappa shape index (κ3) is 8.70. The Morgan fingerprint density at radius 3 is 2.48 bits per heavy atom. The average Bonchev–Trinajstić information content (AvgIpc) is 3.75. The number of fused-ring (bicyclic) bond motifs is 2. The van der Waals surface area contributed by atoms with Crippen molar-refractivity contribution in [3.63, 3.8) is 0 Å². The molecule has 3 atom stereocenters. The monoisotopic (exact) mass is 727 g/mol. The van der Waals surface area contributed by atoms with E-state index in [1.165, 1.54) is 12.7 Å². The molecular weight excluding hydrogens is 682 g/mol. The lowest BCUT2D eigenvalue weighted by Gasteiger charge is -2.39. The number of H-pyrrole nitrogens is 1. The second-order valence-corrected chi connectivity index (χ2v) is 14.3. The van der Waals surface area contributed by atoms with E-state index in [2.05, 4.69) is 27.8 Å². The van der Waals surface area contributed by atoms with Crippen LogP contribution in [0.15, 0.2) is 72.9 Å². The molecule has 274 valence electrons. The molecule has 52 heavy (non-hydrogen) atoms. The summed E-state index contributed by atoms with van der Waals surface area (Å²) in [6.45, 7) is 5.50. The number of ether oxygens (including phenoxy) is 2. The number of benzene rings is 3. The van der Waals surface area contributed by atoms with Crippen LogP contribution in [0.25, 0.3) is 10.9 Å². The van der Waals surface area contributed by atoms with Crippen LogP contribution >= 0.6 is 11.6 Å². The zero-order valence-electron chi connectivity index (χ0n) is 29.8. The first-order valence-electron chi connectivity index (χ1n) is 17.8. The molecule has 2 fully saturated rings. The Kier molecular flexibility index (Phi) is 11.7. The van der Waals surface area contributed by atoms with Gasteiger partial charge in [-0.2, -0.15) is 0 Å². The largest absolute Gasteiger partial charge is 0.493 e. The zero-order valence-corrected chi connectivity index (χ0v) is 30.6. The van der Waals surface area contributed by atoms with Crippen LogP contribution in [0.1, 0.15) is 41.8 Å². The Morgan fingerprint density at radius 2 is 1.71 bits per heavy atom. The molecule has 1 aromatic heterocycles. The van der Waals surface area contributed by atoms with E-state index in [-0.39, 0.29) is 61.1 Å². The highest BCUT2D eigenvalue weighted by Gasteiger charge is 2.48. The van der Waals surface area contributed by atoms with E-state index < -0.39 is 5.92 Å². The van der Waals surface area contributed by atoms with Gasteiger partial charge in [0, 0.05) is 60.4 Å². The van der Waals surface area contributed by atoms with E-state index in [1.54, 1.807) is 34.1 Å². The fourth-order valence-corrected chi connectivity index (χ4v) is 7.53. The molecule has 6 rings (SSSR count). The average molecular weight is 728 g/mol. The van der Waals surface area contributed by atoms with E-state index in [0.29, 0.717) is 48.3 Å². The Morgan fingerprint density at radius 1 is 0.923 bits per heavy atom. The van der Waals surface area contributed by atoms with Crippen LogP contribution in [0.5, 0.6) is 11.5 Å². The number of hydrogen-bond donors (Lipinski definition) is 3. The molecule has 0 spiro atoms. The number of methoxy groups -OCH3 is 1. The second-order valence-electron chi connectivity index (χ2n) is 13.9. The summed E-state index contributed by atoms with van der Waals surface area (Å²) in [6, 6.07) is 20.7. The highest BCUT2D eigenvalue weighted by atomic mass is 35.5. The Balaban J connectivity index is 1.14. The Bertz CT molecular complexity index is 1910. The lowest BCUT2D eigenvalue weighted by atomic mass is 9.79. The number of rotatable bonds is 13. The molecule has 0 aliphatic carbocycles. The molecule has 3 unspecified atom stereocenters. The molecule has 12 heteroatoms. The van der Waals surface area contributed by atoms with Gasteiger partial charge in [-0.15, -0.1) is 0 Å². The molecule has 0 bridgehead atoms. The number of carbonyl (C=O) groups excluding carboxylic acids is 4. The predicted octanol–water partition coefficient (Wildman–Crippen LogP) is 4.87. The number of halogens is 1. The van der Waals surface area contributed by atoms with Crippen molar-refractivity contribution in [1.82, 2.24) is 25.4 Å². The topological polar surface area (TPSA) is 133 Å². The van der Waals surface area contributed by atoms with Crippen LogP contribution in [0.3, 0.4) is 0 Å². The quantitative estimate of drug-likeness (QED) is 0.169. The number of likely N-dealkylation sites (tertiary alicyclic amines) is 2. The number of aryl methyl sites for hydroxylation is 1. The standard InChI is InChI=1S/C40H46ClN5O6/c1-25(2)52-35-14-11-27(16-36(35)51-3)40(50)46-22-29-21-45(38(48)17-28-19-43-34-18-30(41)12-13-31(28)34)24-33(32(29)23-46)39(49)44-20-37(47)42-15-7-10-26-8-5-4-6-9-26/h4-6,8-9,11-14,16,18-19,25,29,32-33,43H,7,10,15,17,20-24H2,1-3H3,(H,42,47)(H,44,49). The molecule has 0 radical (unpaired) electrons. The minimum absolute atomic E-state index is 0.0638. The van der Waals surface area contributed by atoms with Gasteiger partial charge in [-0.3, -0.25) is 19.2 Å². The van der Waals surface area contributed by atoms with Gasteiger partial charge in [0.25, 0.3) is 5.91 Å². The van der Waals surface area contributed by atoms with Gasteiger partial charge in [-0.1, -0.05) is 48.0 Å². The lowest BCUT2D eigenvalue weighted by molar-refractivity contribution is -0.139. The number of hydrogen-bond acceptors (Lipinski definition) is 6. The molecule has 3 aromatic carbocycles. The first kappa shape index (κ1) is 36.8. The summed E-state index contributed by atoms with van der Waals surface area (Å²) in [5.41, 5.74) is 3.33. The number of amides is 4. The van der Waals surface area contributed by atoms with Crippen LogP contribution in [-0.4, -0.2) is 90.9 Å². The smallest absolute Gasteiger partial charge is 0.254 e. The summed E-state index contributed by atoms with van der Waals surface area (Å²) in [6.07, 6.45) is 3.51. The maximum atomic E-state index is 13.9. The van der Waals surface area contributed by atoms with E-state index >= 15 is 0 Å². The number of aromatic nitrogens is 1. The van der Waals surface area contributed by atoms with Crippen molar-refractivity contribution in [1.29, 1.82) is 0 Å². The van der Waals surface area contributed by atoms with Gasteiger partial charge in [-0.25, -0.2) is 0 Å². The molecule has 2 aliphatic rings. The predicted molar refractivity (Wildman–Crippen MR) is 200 cm³/mol. The normalized spacial score (nSPS) is 18.3. The summed E-state index contributed by atoms with van der Waals surface area (Å²) < 4.78 is 11.4. The Labute approximate surface area is 309 Å². The minimum Gasteiger partial charge on any atom is -0.493 e. The molecular formula is C40H46ClN5O6. The maximum absolute atomic E-state index is 13.9. The van der Waals surface area contributed by atoms with E-state index in [1.807, 2.05) is 50.4 Å². The Hall–Kier alpha value is -5.03. The van der Waals surface area contributed by atoms with Crippen LogP contribution in [-0.2, 0) is 27.2 Å². The van der Waals surface area contributed by atoms with Crippen molar-refractivity contribution in [3.05, 3.63) is 94.6 Å². The summed E-state index contributed by atoms with van der Waals surface area (Å²) in [5, 5.41) is 7.23. The van der Waals surface area contributed by atoms with Crippen LogP contribution in [0.2, 0.25) is 5.02 Å². The summed E-state index contributed by atoms with van der Waals surface area (Å²) in [4.78, 5) is 60.9. The van der Waals surface area contributed by atoms with Gasteiger partial charge in [0.15, 0.2) is 11.5 Å². The minimum atomic E-state index is -0.607. The van der Waals surface area contributed by atoms with Crippen molar-refractivity contribution in [2.75, 3.05) is 46.4 Å². The summed E-state index contributed by atoms with van der Waals surface area (Å²) in [7, 11) is 1.53. The second kappa shape index (κ2) is 16.5. The van der Waals surface area contributed by atoms with Gasteiger partial charge in [0.05, 0.1) is 32.1 Å². The maximum Gasteiger partial charge on any atom is 0.254 e. The molecule has 11 nitrogen and oxygen atoms in total. The lowest BCUT2D eigenvalue weighted by Crippen LogP contribution is -2.54. The number of nitrogens with zero attached hydrogens (tertiary/aromatic N) is 2. The molecule has 0 saturated carbocycles. The number of piperidine rings is 1. The van der Waals surface area contributed by atoms with Gasteiger partial charge in [-0.05, 0) is 80.0 Å². The molecule has 3 N–H and O–H groups in total. The highest BCUT2D eigenvalue weighted by molar-refractivity contribution is 6.31. The van der Waals surface area contributed by atoms with Crippen LogP contribution < -0.4 is 20.1 Å². The fourth-order valence-electron chi connectivity index (χ4n) is 7.36. The van der Waals surface area contributed by atoms with Crippen molar-refractivity contribution in [2.45, 2.75) is 39.2 Å². The molecule has 4 amide bonds. The van der Waals surface area contributed by atoms with Crippen molar-refractivity contribution >= 4 is 46.1 Å². The first-order chi connectivity index (χ1) is 25.1. The highest BCUT2D eigenvalue weighted by Crippen LogP contribution is 2.37. The molecule has 2 aliphatic heterocycles. The van der Waals surface area contributed by atoms with Crippen molar-refractivity contribution in [3.8, 4) is 11.5 Å². The van der Waals surface area contributed by atoms with Crippen molar-refractivity contribution in [2.24, 2.45) is 17.8 Å². The van der Waals surface area contributed by atoms with Crippen LogP contribution in [0.4, 0.5) is 0 Å². The summed E-state index contributed by atoms with van der Waals surface area (Å²) in [5.74, 6) is -0.796. The third-order valence-corrected chi connectivity index (χ3v) is 10.2. The van der Waals surface area contributed by atoms with Crippen LogP contribution in [0, 0.1) is 17.8 Å². The van der Waals surface area contributed by atoms with Gasteiger partial charge in [0.2, 0.25) is 17.7 Å². The number of carbonyl (C=O) groups is 4. The van der Waals surface area contributed by atoms with E-state index in [4.69, 9.17) is 21.1 Å². The SMILES string of the molecule is COc1cc(C(=O)N2CC3CN(C(=O)Cc4c[nH]c5cc(Cl)ccc45)CC(C(=O)NCC(=O)NCCCc4ccccc4)C3C2)ccc1OC(C)C. The third-order valence-electron chi connectivity index (χ3n) is 9.93. The van der Waals surface area contributed by atoms with Gasteiger partial charge >= 0.3 is 0 Å². The number of nitrogens with one attached hydrogen (secondary N) is 3. The zero-order chi connectivity index (χ0) is 36.8. The molecule has 2 saturated heterocycles. The molecule has 4 aromatic rings. The van der Waals surface area contributed by atoms with E-state index in [9.17, 15) is 19.2 Å². The van der Waals surface area contributed by atoms with Crippen molar-refractivity contribution < 1.29 is 28.7 Å².